The maximum atomic E-state index is 12.2. The molecule has 1 atom stereocenters. The molecule has 2 heterocycles. The van der Waals surface area contributed by atoms with Gasteiger partial charge in [-0.1, -0.05) is 24.3 Å². The first kappa shape index (κ1) is 19.4. The van der Waals surface area contributed by atoms with Gasteiger partial charge >= 0.3 is 5.97 Å². The molecular formula is C22H19N3O5. The summed E-state index contributed by atoms with van der Waals surface area (Å²) in [5.74, 6) is 0.0997. The largest absolute Gasteiger partial charge is 0.497 e. The molecule has 0 radical (unpaired) electrons. The molecule has 2 N–H and O–H groups in total. The summed E-state index contributed by atoms with van der Waals surface area (Å²) in [6, 6.07) is 14.3. The first-order chi connectivity index (χ1) is 14.5. The van der Waals surface area contributed by atoms with E-state index >= 15 is 0 Å². The van der Waals surface area contributed by atoms with Crippen LogP contribution >= 0.6 is 0 Å². The second-order valence-corrected chi connectivity index (χ2v) is 6.66. The van der Waals surface area contributed by atoms with Gasteiger partial charge in [0, 0.05) is 18.1 Å². The summed E-state index contributed by atoms with van der Waals surface area (Å²) >= 11 is 0. The number of methoxy groups -OCH3 is 2. The topological polar surface area (TPSA) is 106 Å². The van der Waals surface area contributed by atoms with E-state index in [4.69, 9.17) is 9.47 Å². The van der Waals surface area contributed by atoms with Crippen LogP contribution in [0.2, 0.25) is 0 Å². The quantitative estimate of drug-likeness (QED) is 0.494. The van der Waals surface area contributed by atoms with Gasteiger partial charge in [-0.25, -0.2) is 9.89 Å². The molecule has 0 saturated heterocycles. The van der Waals surface area contributed by atoms with E-state index < -0.39 is 17.6 Å². The number of hydrogen-bond donors (Lipinski definition) is 2. The molecule has 2 aromatic rings. The molecule has 30 heavy (non-hydrogen) atoms. The summed E-state index contributed by atoms with van der Waals surface area (Å²) in [5, 5.41) is 17.1. The molecular weight excluding hydrogens is 386 g/mol. The third kappa shape index (κ3) is 3.44. The van der Waals surface area contributed by atoms with Crippen molar-refractivity contribution in [2.75, 3.05) is 14.2 Å². The fourth-order valence-electron chi connectivity index (χ4n) is 3.28. The number of rotatable bonds is 5. The molecule has 0 aromatic heterocycles. The number of pyridine rings is 1. The predicted molar refractivity (Wildman–Crippen MR) is 109 cm³/mol. The number of H-pyrrole nitrogens is 1. The van der Waals surface area contributed by atoms with Crippen molar-refractivity contribution in [1.82, 2.24) is 14.8 Å². The smallest absolute Gasteiger partial charge is 0.341 e. The van der Waals surface area contributed by atoms with Gasteiger partial charge in [0.25, 0.3) is 5.56 Å². The van der Waals surface area contributed by atoms with E-state index in [1.165, 1.54) is 7.11 Å². The van der Waals surface area contributed by atoms with Gasteiger partial charge in [0.2, 0.25) is 0 Å². The van der Waals surface area contributed by atoms with Crippen molar-refractivity contribution in [3.8, 4) is 22.7 Å². The highest BCUT2D eigenvalue weighted by Gasteiger charge is 2.22. The normalized spacial score (nSPS) is 12.0. The molecule has 2 aromatic carbocycles. The van der Waals surface area contributed by atoms with Crippen molar-refractivity contribution in [3.05, 3.63) is 88.0 Å². The Balaban J connectivity index is 1.77. The highest BCUT2D eigenvalue weighted by atomic mass is 16.5. The van der Waals surface area contributed by atoms with E-state index in [-0.39, 0.29) is 16.8 Å². The van der Waals surface area contributed by atoms with Crippen molar-refractivity contribution >= 4 is 5.97 Å². The Morgan fingerprint density at radius 3 is 2.57 bits per heavy atom. The minimum Gasteiger partial charge on any atom is -0.497 e. The third-order valence-corrected chi connectivity index (χ3v) is 4.88. The van der Waals surface area contributed by atoms with Gasteiger partial charge in [-0.05, 0) is 35.4 Å². The zero-order chi connectivity index (χ0) is 21.3. The van der Waals surface area contributed by atoms with Gasteiger partial charge in [0.1, 0.15) is 23.1 Å². The van der Waals surface area contributed by atoms with Crippen LogP contribution in [0.4, 0.5) is 0 Å². The van der Waals surface area contributed by atoms with Gasteiger partial charge in [-0.3, -0.25) is 4.79 Å². The molecule has 152 valence electrons. The van der Waals surface area contributed by atoms with Crippen LogP contribution in [0.1, 0.15) is 27.6 Å². The molecule has 8 nitrogen and oxygen atoms in total. The lowest BCUT2D eigenvalue weighted by Gasteiger charge is -2.16. The Hall–Kier alpha value is -3.91. The number of ether oxygens (including phenoxy) is 2. The Bertz CT molecular complexity index is 1230. The summed E-state index contributed by atoms with van der Waals surface area (Å²) in [6.07, 6.45) is 2.28. The van der Waals surface area contributed by atoms with E-state index in [1.54, 1.807) is 66.5 Å². The minimum atomic E-state index is -0.857. The number of benzene rings is 2. The summed E-state index contributed by atoms with van der Waals surface area (Å²) in [4.78, 5) is 24.3. The van der Waals surface area contributed by atoms with Gasteiger partial charge < -0.3 is 19.1 Å². The number of aliphatic hydroxyl groups excluding tert-OH is 1. The molecule has 2 aliphatic heterocycles. The van der Waals surface area contributed by atoms with Crippen LogP contribution in [0.5, 0.6) is 5.75 Å². The lowest BCUT2D eigenvalue weighted by molar-refractivity contribution is 0.0600. The highest BCUT2D eigenvalue weighted by molar-refractivity contribution is 5.96. The minimum absolute atomic E-state index is 0.162. The number of aliphatic hydroxyl groups is 1. The zero-order valence-corrected chi connectivity index (χ0v) is 16.3. The van der Waals surface area contributed by atoms with Gasteiger partial charge in [0.05, 0.1) is 19.8 Å². The summed E-state index contributed by atoms with van der Waals surface area (Å²) in [5.41, 5.74) is 2.29. The molecule has 0 fully saturated rings. The summed E-state index contributed by atoms with van der Waals surface area (Å²) in [6.45, 7) is 0. The molecule has 8 heteroatoms. The maximum Gasteiger partial charge on any atom is 0.341 e. The van der Waals surface area contributed by atoms with Crippen molar-refractivity contribution < 1.29 is 19.4 Å². The number of fused-ring (bicyclic) bond motifs is 1. The molecule has 0 aliphatic carbocycles. The third-order valence-electron chi connectivity index (χ3n) is 4.88. The highest BCUT2D eigenvalue weighted by Crippen LogP contribution is 2.27. The first-order valence-corrected chi connectivity index (χ1v) is 9.13. The molecule has 0 spiro atoms. The predicted octanol–water partition coefficient (Wildman–Crippen LogP) is 2.54. The molecule has 0 saturated carbocycles. The molecule has 2 aliphatic rings. The van der Waals surface area contributed by atoms with Crippen LogP contribution in [0.3, 0.4) is 0 Å². The number of carbonyl (C=O) groups is 1. The summed E-state index contributed by atoms with van der Waals surface area (Å²) in [7, 11) is 2.85. The second kappa shape index (κ2) is 7.84. The maximum absolute atomic E-state index is 12.2. The molecule has 4 rings (SSSR count). The van der Waals surface area contributed by atoms with Gasteiger partial charge in [-0.2, -0.15) is 5.10 Å². The Kier molecular flexibility index (Phi) is 5.07. The number of nitrogens with zero attached hydrogens (tertiary/aromatic N) is 2. The zero-order valence-electron chi connectivity index (χ0n) is 16.3. The monoisotopic (exact) mass is 405 g/mol. The average molecular weight is 405 g/mol. The SMILES string of the molecule is COC(=O)c1cn(-c2cccc([C@H](O)c3ccc(OC)cc3)c2)cc2c(=O)[nH]nc1-2. The van der Waals surface area contributed by atoms with E-state index in [9.17, 15) is 14.7 Å². The van der Waals surface area contributed by atoms with Crippen molar-refractivity contribution in [2.45, 2.75) is 6.10 Å². The fraction of sp³-hybridized carbons (Fsp3) is 0.136. The van der Waals surface area contributed by atoms with E-state index in [0.717, 1.165) is 0 Å². The summed E-state index contributed by atoms with van der Waals surface area (Å²) < 4.78 is 11.6. The van der Waals surface area contributed by atoms with Crippen LogP contribution in [-0.2, 0) is 4.74 Å². The first-order valence-electron chi connectivity index (χ1n) is 9.13. The van der Waals surface area contributed by atoms with E-state index in [1.807, 2.05) is 6.07 Å². The number of hydrogen-bond acceptors (Lipinski definition) is 6. The van der Waals surface area contributed by atoms with Crippen LogP contribution in [0, 0.1) is 0 Å². The van der Waals surface area contributed by atoms with Crippen LogP contribution in [0.15, 0.2) is 65.7 Å². The molecule has 0 bridgehead atoms. The number of nitrogens with one attached hydrogen (secondary N) is 1. The van der Waals surface area contributed by atoms with Gasteiger partial charge in [-0.15, -0.1) is 0 Å². The van der Waals surface area contributed by atoms with Crippen LogP contribution < -0.4 is 10.3 Å². The van der Waals surface area contributed by atoms with Crippen molar-refractivity contribution in [3.63, 3.8) is 0 Å². The van der Waals surface area contributed by atoms with Crippen molar-refractivity contribution in [2.24, 2.45) is 0 Å². The lowest BCUT2D eigenvalue weighted by atomic mass is 10.0. The average Bonchev–Trinajstić information content (AvgIpc) is 3.18. The second-order valence-electron chi connectivity index (χ2n) is 6.66. The Labute approximate surface area is 171 Å². The standard InChI is InChI=1S/C22H19N3O5/c1-29-16-8-6-13(7-9-16)20(26)14-4-3-5-15(10-14)25-11-17-19(23-24-21(17)27)18(12-25)22(28)30-2/h3-12,20,26H,1-2H3,(H,24,27)/t20-/m1/s1. The Morgan fingerprint density at radius 2 is 1.87 bits per heavy atom. The van der Waals surface area contributed by atoms with E-state index in [0.29, 0.717) is 22.6 Å². The fourth-order valence-corrected chi connectivity index (χ4v) is 3.28. The van der Waals surface area contributed by atoms with Crippen LogP contribution in [-0.4, -0.2) is 40.1 Å². The van der Waals surface area contributed by atoms with Gasteiger partial charge in [0.15, 0.2) is 0 Å². The number of aromatic nitrogens is 3. The Morgan fingerprint density at radius 1 is 1.10 bits per heavy atom. The lowest BCUT2D eigenvalue weighted by Crippen LogP contribution is -2.11. The number of carbonyl (C=O) groups excluding carboxylic acids is 1. The van der Waals surface area contributed by atoms with Crippen LogP contribution in [0.25, 0.3) is 16.9 Å². The van der Waals surface area contributed by atoms with Crippen molar-refractivity contribution in [1.29, 1.82) is 0 Å². The number of aromatic amines is 1. The molecule has 0 amide bonds. The number of esters is 1. The van der Waals surface area contributed by atoms with E-state index in [2.05, 4.69) is 10.2 Å². The molecule has 0 unspecified atom stereocenters.